The van der Waals surface area contributed by atoms with Gasteiger partial charge in [0.15, 0.2) is 5.82 Å². The summed E-state index contributed by atoms with van der Waals surface area (Å²) >= 11 is 0. The lowest BCUT2D eigenvalue weighted by Gasteiger charge is -2.13. The van der Waals surface area contributed by atoms with E-state index in [1.54, 1.807) is 17.0 Å². The summed E-state index contributed by atoms with van der Waals surface area (Å²) in [5.41, 5.74) is 2.15. The van der Waals surface area contributed by atoms with E-state index in [4.69, 9.17) is 4.74 Å². The molecular weight excluding hydrogens is 314 g/mol. The second-order valence-corrected chi connectivity index (χ2v) is 6.16. The highest BCUT2D eigenvalue weighted by Crippen LogP contribution is 2.20. The Morgan fingerprint density at radius 3 is 2.80 bits per heavy atom. The van der Waals surface area contributed by atoms with Gasteiger partial charge in [0.2, 0.25) is 0 Å². The number of allylic oxidation sites excluding steroid dienone is 1. The Bertz CT molecular complexity index is 778. The lowest BCUT2D eigenvalue weighted by molar-refractivity contribution is 0.340. The van der Waals surface area contributed by atoms with E-state index >= 15 is 0 Å². The number of ether oxygens (including phenoxy) is 1. The molecule has 5 heteroatoms. The normalized spacial score (nSPS) is 14.0. The fourth-order valence-electron chi connectivity index (χ4n) is 3.08. The highest BCUT2D eigenvalue weighted by Gasteiger charge is 2.08. The highest BCUT2D eigenvalue weighted by molar-refractivity contribution is 5.41. The summed E-state index contributed by atoms with van der Waals surface area (Å²) in [6.07, 6.45) is 11.6. The molecular formula is C20H25N3O2. The third-order valence-corrected chi connectivity index (χ3v) is 4.39. The molecule has 1 N–H and O–H groups in total. The molecule has 0 amide bonds. The van der Waals surface area contributed by atoms with E-state index in [1.165, 1.54) is 31.3 Å². The summed E-state index contributed by atoms with van der Waals surface area (Å²) in [5.74, 6) is 1.19. The van der Waals surface area contributed by atoms with Gasteiger partial charge >= 0.3 is 0 Å². The number of benzene rings is 1. The fraction of sp³-hybridized carbons (Fsp3) is 0.400. The fourth-order valence-corrected chi connectivity index (χ4v) is 3.08. The highest BCUT2D eigenvalue weighted by atomic mass is 16.5. The third kappa shape index (κ3) is 4.50. The van der Waals surface area contributed by atoms with Crippen molar-refractivity contribution in [2.45, 2.75) is 39.0 Å². The first-order valence-electron chi connectivity index (χ1n) is 9.00. The topological polar surface area (TPSA) is 56.1 Å². The quantitative estimate of drug-likeness (QED) is 0.777. The number of hydrogen-bond donors (Lipinski definition) is 1. The first-order chi connectivity index (χ1) is 12.3. The molecule has 1 heterocycles. The van der Waals surface area contributed by atoms with E-state index in [-0.39, 0.29) is 5.56 Å². The Morgan fingerprint density at radius 1 is 1.24 bits per heavy atom. The molecule has 25 heavy (non-hydrogen) atoms. The van der Waals surface area contributed by atoms with Crippen molar-refractivity contribution in [3.8, 4) is 11.4 Å². The second kappa shape index (κ2) is 8.51. The zero-order valence-electron chi connectivity index (χ0n) is 14.7. The lowest BCUT2D eigenvalue weighted by atomic mass is 9.97. The van der Waals surface area contributed by atoms with Crippen molar-refractivity contribution in [3.63, 3.8) is 0 Å². The lowest BCUT2D eigenvalue weighted by Crippen LogP contribution is -2.23. The van der Waals surface area contributed by atoms with Crippen LogP contribution in [0.3, 0.4) is 0 Å². The Morgan fingerprint density at radius 2 is 2.08 bits per heavy atom. The van der Waals surface area contributed by atoms with E-state index in [2.05, 4.69) is 16.4 Å². The third-order valence-electron chi connectivity index (χ3n) is 4.39. The first-order valence-corrected chi connectivity index (χ1v) is 9.00. The van der Waals surface area contributed by atoms with E-state index < -0.39 is 0 Å². The van der Waals surface area contributed by atoms with Gasteiger partial charge < -0.3 is 10.1 Å². The molecule has 0 saturated carbocycles. The van der Waals surface area contributed by atoms with Crippen molar-refractivity contribution < 1.29 is 4.74 Å². The molecule has 2 aromatic rings. The summed E-state index contributed by atoms with van der Waals surface area (Å²) in [6, 6.07) is 7.49. The molecule has 0 fully saturated rings. The first kappa shape index (κ1) is 17.3. The standard InChI is InChI=1S/C20H25N3O2/c1-2-25-18-10-8-17(9-11-18)23-15-14-22-19(20(23)24)21-13-12-16-6-4-3-5-7-16/h6,8-11,14-15H,2-5,7,12-13H2,1H3,(H,21,22). The Labute approximate surface area is 148 Å². The molecule has 0 unspecified atom stereocenters. The molecule has 1 aromatic heterocycles. The summed E-state index contributed by atoms with van der Waals surface area (Å²) in [7, 11) is 0. The molecule has 0 saturated heterocycles. The zero-order valence-corrected chi connectivity index (χ0v) is 14.7. The van der Waals surface area contributed by atoms with Gasteiger partial charge in [-0.1, -0.05) is 11.6 Å². The molecule has 1 aliphatic rings. The van der Waals surface area contributed by atoms with Crippen molar-refractivity contribution in [2.24, 2.45) is 0 Å². The summed E-state index contributed by atoms with van der Waals surface area (Å²) < 4.78 is 7.05. The van der Waals surface area contributed by atoms with Gasteiger partial charge in [0.25, 0.3) is 5.56 Å². The van der Waals surface area contributed by atoms with Gasteiger partial charge in [0, 0.05) is 24.6 Å². The average Bonchev–Trinajstić information content (AvgIpc) is 2.65. The molecule has 0 radical (unpaired) electrons. The largest absolute Gasteiger partial charge is 0.494 e. The van der Waals surface area contributed by atoms with Gasteiger partial charge in [-0.2, -0.15) is 0 Å². The maximum Gasteiger partial charge on any atom is 0.297 e. The molecule has 0 bridgehead atoms. The minimum Gasteiger partial charge on any atom is -0.494 e. The molecule has 0 atom stereocenters. The van der Waals surface area contributed by atoms with E-state index in [9.17, 15) is 4.79 Å². The molecule has 1 aromatic carbocycles. The summed E-state index contributed by atoms with van der Waals surface area (Å²) in [4.78, 5) is 16.9. The minimum absolute atomic E-state index is 0.135. The molecule has 0 aliphatic heterocycles. The smallest absolute Gasteiger partial charge is 0.297 e. The maximum absolute atomic E-state index is 12.7. The Hall–Kier alpha value is -2.56. The van der Waals surface area contributed by atoms with Crippen LogP contribution in [0.4, 0.5) is 5.82 Å². The SMILES string of the molecule is CCOc1ccc(-n2ccnc(NCCC3=CCCCC3)c2=O)cc1. The predicted molar refractivity (Wildman–Crippen MR) is 101 cm³/mol. The maximum atomic E-state index is 12.7. The van der Waals surface area contributed by atoms with Gasteiger partial charge in [-0.05, 0) is 63.3 Å². The van der Waals surface area contributed by atoms with Gasteiger partial charge in [0.05, 0.1) is 6.61 Å². The van der Waals surface area contributed by atoms with Crippen molar-refractivity contribution in [3.05, 3.63) is 58.7 Å². The average molecular weight is 339 g/mol. The molecule has 0 spiro atoms. The van der Waals surface area contributed by atoms with Crippen LogP contribution in [0, 0.1) is 0 Å². The second-order valence-electron chi connectivity index (χ2n) is 6.16. The van der Waals surface area contributed by atoms with Crippen molar-refractivity contribution in [2.75, 3.05) is 18.5 Å². The number of hydrogen-bond acceptors (Lipinski definition) is 4. The van der Waals surface area contributed by atoms with Crippen LogP contribution >= 0.6 is 0 Å². The van der Waals surface area contributed by atoms with E-state index in [0.717, 1.165) is 24.4 Å². The van der Waals surface area contributed by atoms with Crippen LogP contribution < -0.4 is 15.6 Å². The Kier molecular flexibility index (Phi) is 5.88. The number of aromatic nitrogens is 2. The van der Waals surface area contributed by atoms with Crippen LogP contribution in [0.1, 0.15) is 39.0 Å². The van der Waals surface area contributed by atoms with Crippen LogP contribution in [0.2, 0.25) is 0 Å². The van der Waals surface area contributed by atoms with Gasteiger partial charge in [-0.15, -0.1) is 0 Å². The van der Waals surface area contributed by atoms with Crippen LogP contribution in [-0.2, 0) is 0 Å². The number of nitrogens with one attached hydrogen (secondary N) is 1. The van der Waals surface area contributed by atoms with Crippen LogP contribution in [-0.4, -0.2) is 22.7 Å². The number of rotatable bonds is 7. The van der Waals surface area contributed by atoms with Gasteiger partial charge in [-0.3, -0.25) is 9.36 Å². The van der Waals surface area contributed by atoms with Crippen molar-refractivity contribution in [1.29, 1.82) is 0 Å². The number of nitrogens with zero attached hydrogens (tertiary/aromatic N) is 2. The molecule has 5 nitrogen and oxygen atoms in total. The van der Waals surface area contributed by atoms with Crippen molar-refractivity contribution >= 4 is 5.82 Å². The van der Waals surface area contributed by atoms with Crippen molar-refractivity contribution in [1.82, 2.24) is 9.55 Å². The van der Waals surface area contributed by atoms with Gasteiger partial charge in [-0.25, -0.2) is 4.98 Å². The van der Waals surface area contributed by atoms with Gasteiger partial charge in [0.1, 0.15) is 5.75 Å². The summed E-state index contributed by atoms with van der Waals surface area (Å²) in [5, 5.41) is 3.19. The van der Waals surface area contributed by atoms with Crippen LogP contribution in [0.25, 0.3) is 5.69 Å². The van der Waals surface area contributed by atoms with E-state index in [0.29, 0.717) is 12.4 Å². The minimum atomic E-state index is -0.135. The number of anilines is 1. The summed E-state index contributed by atoms with van der Waals surface area (Å²) in [6.45, 7) is 3.31. The Balaban J connectivity index is 1.69. The monoisotopic (exact) mass is 339 g/mol. The van der Waals surface area contributed by atoms with Crippen LogP contribution in [0.5, 0.6) is 5.75 Å². The molecule has 3 rings (SSSR count). The molecule has 1 aliphatic carbocycles. The predicted octanol–water partition coefficient (Wildman–Crippen LogP) is 3.93. The zero-order chi connectivity index (χ0) is 17.5. The van der Waals surface area contributed by atoms with Crippen LogP contribution in [0.15, 0.2) is 53.1 Å². The molecule has 132 valence electrons. The van der Waals surface area contributed by atoms with E-state index in [1.807, 2.05) is 31.2 Å².